The van der Waals surface area contributed by atoms with Crippen LogP contribution < -0.4 is 5.73 Å². The number of nitrogens with zero attached hydrogens (tertiary/aromatic N) is 2. The summed E-state index contributed by atoms with van der Waals surface area (Å²) >= 11 is 0. The van der Waals surface area contributed by atoms with Crippen molar-refractivity contribution in [2.24, 2.45) is 15.7 Å². The quantitative estimate of drug-likeness (QED) is 0.143. The number of amidine groups is 2. The minimum absolute atomic E-state index is 0.432. The van der Waals surface area contributed by atoms with Crippen LogP contribution in [0.2, 0.25) is 0 Å². The molecule has 0 radical (unpaired) electrons. The number of hydrogen-bond donors (Lipinski definition) is 1. The summed E-state index contributed by atoms with van der Waals surface area (Å²) in [6.45, 7) is 0.440. The third-order valence-electron chi connectivity index (χ3n) is 9.59. The van der Waals surface area contributed by atoms with Crippen molar-refractivity contribution in [3.63, 3.8) is 0 Å². The van der Waals surface area contributed by atoms with Gasteiger partial charge >= 0.3 is 0 Å². The molecule has 0 saturated heterocycles. The molecule has 0 aliphatic heterocycles. The Morgan fingerprint density at radius 3 is 1.88 bits per heavy atom. The fourth-order valence-electron chi connectivity index (χ4n) is 6.98. The molecular weight excluding hydrogens is 623 g/mol. The van der Waals surface area contributed by atoms with E-state index in [0.29, 0.717) is 18.2 Å². The molecular formula is C47H33N3O. The van der Waals surface area contributed by atoms with Crippen LogP contribution in [0.5, 0.6) is 0 Å². The number of nitrogens with two attached hydrogens (primary N) is 1. The van der Waals surface area contributed by atoms with E-state index in [4.69, 9.17) is 20.1 Å². The zero-order chi connectivity index (χ0) is 34.1. The first-order valence-corrected chi connectivity index (χ1v) is 17.1. The van der Waals surface area contributed by atoms with Gasteiger partial charge in [0.25, 0.3) is 0 Å². The molecule has 9 aromatic rings. The second kappa shape index (κ2) is 12.9. The molecule has 0 aliphatic rings. The zero-order valence-electron chi connectivity index (χ0n) is 27.8. The van der Waals surface area contributed by atoms with E-state index in [-0.39, 0.29) is 0 Å². The average Bonchev–Trinajstić information content (AvgIpc) is 3.58. The Balaban J connectivity index is 1.09. The first-order chi connectivity index (χ1) is 25.2. The van der Waals surface area contributed by atoms with E-state index in [9.17, 15) is 0 Å². The summed E-state index contributed by atoms with van der Waals surface area (Å²) in [6, 6.07) is 60.8. The summed E-state index contributed by atoms with van der Waals surface area (Å²) in [5, 5.41) is 7.08. The highest BCUT2D eigenvalue weighted by Crippen LogP contribution is 2.37. The first-order valence-electron chi connectivity index (χ1n) is 17.1. The highest BCUT2D eigenvalue weighted by Gasteiger charge is 2.13. The lowest BCUT2D eigenvalue weighted by Crippen LogP contribution is -2.16. The molecule has 2 N–H and O–H groups in total. The highest BCUT2D eigenvalue weighted by atomic mass is 16.3. The topological polar surface area (TPSA) is 63.9 Å². The molecule has 8 aromatic carbocycles. The van der Waals surface area contributed by atoms with E-state index < -0.39 is 0 Å². The minimum Gasteiger partial charge on any atom is -0.456 e. The van der Waals surface area contributed by atoms with Crippen LogP contribution >= 0.6 is 0 Å². The second-order valence-electron chi connectivity index (χ2n) is 12.8. The van der Waals surface area contributed by atoms with Crippen LogP contribution in [-0.2, 0) is 6.54 Å². The molecule has 1 heterocycles. The maximum atomic E-state index is 6.50. The van der Waals surface area contributed by atoms with Gasteiger partial charge in [0, 0.05) is 21.9 Å². The van der Waals surface area contributed by atoms with Crippen molar-refractivity contribution in [3.05, 3.63) is 193 Å². The number of aliphatic imine (C=N–C) groups is 2. The number of furan rings is 1. The fourth-order valence-corrected chi connectivity index (χ4v) is 6.98. The van der Waals surface area contributed by atoms with Gasteiger partial charge in [-0.3, -0.25) is 4.99 Å². The smallest absolute Gasteiger partial charge is 0.157 e. The molecule has 242 valence electrons. The van der Waals surface area contributed by atoms with Crippen molar-refractivity contribution in [2.75, 3.05) is 0 Å². The average molecular weight is 656 g/mol. The summed E-state index contributed by atoms with van der Waals surface area (Å²) in [6.07, 6.45) is 0. The van der Waals surface area contributed by atoms with Crippen molar-refractivity contribution in [3.8, 4) is 22.3 Å². The van der Waals surface area contributed by atoms with Crippen LogP contribution in [0, 0.1) is 0 Å². The lowest BCUT2D eigenvalue weighted by atomic mass is 9.94. The molecule has 1 aromatic heterocycles. The molecule has 0 saturated carbocycles. The van der Waals surface area contributed by atoms with Crippen LogP contribution in [0.15, 0.2) is 190 Å². The first kappa shape index (κ1) is 30.3. The number of rotatable bonds is 6. The van der Waals surface area contributed by atoms with Crippen LogP contribution in [0.3, 0.4) is 0 Å². The Morgan fingerprint density at radius 2 is 1.12 bits per heavy atom. The summed E-state index contributed by atoms with van der Waals surface area (Å²) < 4.78 is 6.37. The van der Waals surface area contributed by atoms with E-state index in [0.717, 1.165) is 55.5 Å². The molecule has 0 aliphatic carbocycles. The number of hydrogen-bond acceptors (Lipinski definition) is 2. The third kappa shape index (κ3) is 5.83. The van der Waals surface area contributed by atoms with Gasteiger partial charge in [-0.15, -0.1) is 0 Å². The van der Waals surface area contributed by atoms with Gasteiger partial charge in [0.1, 0.15) is 17.0 Å². The third-order valence-corrected chi connectivity index (χ3v) is 9.59. The predicted molar refractivity (Wildman–Crippen MR) is 213 cm³/mol. The van der Waals surface area contributed by atoms with Crippen LogP contribution in [-0.4, -0.2) is 11.7 Å². The largest absolute Gasteiger partial charge is 0.456 e. The molecule has 9 rings (SSSR count). The van der Waals surface area contributed by atoms with Gasteiger partial charge in [0.2, 0.25) is 0 Å². The predicted octanol–water partition coefficient (Wildman–Crippen LogP) is 11.6. The molecule has 0 spiro atoms. The van der Waals surface area contributed by atoms with Gasteiger partial charge in [0.15, 0.2) is 5.84 Å². The van der Waals surface area contributed by atoms with Crippen LogP contribution in [0.4, 0.5) is 0 Å². The molecule has 0 amide bonds. The van der Waals surface area contributed by atoms with Crippen molar-refractivity contribution in [1.29, 1.82) is 0 Å². The minimum atomic E-state index is 0.432. The van der Waals surface area contributed by atoms with E-state index in [2.05, 4.69) is 115 Å². The van der Waals surface area contributed by atoms with Gasteiger partial charge in [-0.1, -0.05) is 146 Å². The second-order valence-corrected chi connectivity index (χ2v) is 12.8. The summed E-state index contributed by atoms with van der Waals surface area (Å²) in [7, 11) is 0. The van der Waals surface area contributed by atoms with Crippen molar-refractivity contribution >= 4 is 55.2 Å². The van der Waals surface area contributed by atoms with Gasteiger partial charge in [-0.05, 0) is 79.7 Å². The summed E-state index contributed by atoms with van der Waals surface area (Å²) in [5.41, 5.74) is 15.7. The molecule has 51 heavy (non-hydrogen) atoms. The Hall–Kier alpha value is -6.78. The lowest BCUT2D eigenvalue weighted by molar-refractivity contribution is 0.669. The Kier molecular flexibility index (Phi) is 7.67. The Morgan fingerprint density at radius 1 is 0.490 bits per heavy atom. The maximum Gasteiger partial charge on any atom is 0.157 e. The van der Waals surface area contributed by atoms with Gasteiger partial charge in [-0.2, -0.15) is 0 Å². The molecule has 0 fully saturated rings. The Bertz CT molecular complexity index is 2760. The number of fused-ring (bicyclic) bond motifs is 6. The Labute approximate surface area is 295 Å². The molecule has 4 nitrogen and oxygen atoms in total. The molecule has 4 heteroatoms. The van der Waals surface area contributed by atoms with E-state index >= 15 is 0 Å². The SMILES string of the molecule is N/C(=N\C(=N/Cc1cc2ccccc2cc1-c1ccc(-c2ccc3c(c2)oc2ccc4ccccc4c23)cc1)c1ccccc1)c1ccccc1. The van der Waals surface area contributed by atoms with Crippen molar-refractivity contribution in [1.82, 2.24) is 0 Å². The van der Waals surface area contributed by atoms with Crippen LogP contribution in [0.25, 0.3) is 65.7 Å². The highest BCUT2D eigenvalue weighted by molar-refractivity contribution is 6.19. The van der Waals surface area contributed by atoms with E-state index in [1.807, 2.05) is 60.7 Å². The standard InChI is InChI=1S/C47H33N3O/c48-46(34-12-3-1-4-13-34)50-47(35-14-5-2-6-15-35)49-30-39-27-36-16-7-8-17-37(36)28-42(39)33-21-19-31(20-22-33)38-23-25-41-44(29-38)51-43-26-24-32-11-9-10-18-40(32)45(41)43/h1-29H,30H2,(H2,48,49,50). The lowest BCUT2D eigenvalue weighted by Gasteiger charge is -2.13. The molecule has 0 unspecified atom stereocenters. The molecule has 0 bridgehead atoms. The van der Waals surface area contributed by atoms with Gasteiger partial charge in [-0.25, -0.2) is 4.99 Å². The molecule has 0 atom stereocenters. The monoisotopic (exact) mass is 655 g/mol. The fraction of sp³-hybridized carbons (Fsp3) is 0.0213. The summed E-state index contributed by atoms with van der Waals surface area (Å²) in [4.78, 5) is 9.92. The van der Waals surface area contributed by atoms with Crippen molar-refractivity contribution in [2.45, 2.75) is 6.54 Å². The normalized spacial score (nSPS) is 12.3. The van der Waals surface area contributed by atoms with Crippen LogP contribution in [0.1, 0.15) is 16.7 Å². The van der Waals surface area contributed by atoms with E-state index in [1.165, 1.54) is 26.9 Å². The maximum absolute atomic E-state index is 6.50. The van der Waals surface area contributed by atoms with Crippen molar-refractivity contribution < 1.29 is 4.42 Å². The van der Waals surface area contributed by atoms with Gasteiger partial charge < -0.3 is 10.2 Å². The van der Waals surface area contributed by atoms with Gasteiger partial charge in [0.05, 0.1) is 6.54 Å². The zero-order valence-corrected chi connectivity index (χ0v) is 27.8. The number of benzene rings is 8. The summed E-state index contributed by atoms with van der Waals surface area (Å²) in [5.74, 6) is 1.03. The van der Waals surface area contributed by atoms with E-state index in [1.54, 1.807) is 0 Å².